The van der Waals surface area contributed by atoms with Crippen molar-refractivity contribution in [1.82, 2.24) is 5.32 Å². The highest BCUT2D eigenvalue weighted by Crippen LogP contribution is 2.12. The SMILES string of the molecule is CCCCOC(=O)CCNC(=O)C(C)(C)C. The number of nitrogens with one attached hydrogen (secondary N) is 1. The van der Waals surface area contributed by atoms with E-state index in [4.69, 9.17) is 4.74 Å². The van der Waals surface area contributed by atoms with E-state index in [1.54, 1.807) is 0 Å². The minimum Gasteiger partial charge on any atom is -0.466 e. The molecule has 0 saturated heterocycles. The average Bonchev–Trinajstić information content (AvgIpc) is 2.16. The fourth-order valence-electron chi connectivity index (χ4n) is 0.946. The lowest BCUT2D eigenvalue weighted by Gasteiger charge is -2.17. The van der Waals surface area contributed by atoms with E-state index in [-0.39, 0.29) is 18.3 Å². The lowest BCUT2D eigenvalue weighted by atomic mass is 9.96. The second-order valence-electron chi connectivity index (χ2n) is 4.83. The number of hydrogen-bond donors (Lipinski definition) is 1. The number of carbonyl (C=O) groups excluding carboxylic acids is 2. The molecule has 1 amide bonds. The number of rotatable bonds is 6. The van der Waals surface area contributed by atoms with Crippen LogP contribution in [0.4, 0.5) is 0 Å². The predicted molar refractivity (Wildman–Crippen MR) is 62.9 cm³/mol. The highest BCUT2D eigenvalue weighted by molar-refractivity contribution is 5.81. The molecule has 94 valence electrons. The highest BCUT2D eigenvalue weighted by Gasteiger charge is 2.20. The van der Waals surface area contributed by atoms with Gasteiger partial charge in [0.2, 0.25) is 5.91 Å². The first-order valence-electron chi connectivity index (χ1n) is 5.82. The smallest absolute Gasteiger partial charge is 0.307 e. The molecule has 0 aliphatic carbocycles. The zero-order valence-electron chi connectivity index (χ0n) is 10.8. The molecule has 0 aliphatic heterocycles. The summed E-state index contributed by atoms with van der Waals surface area (Å²) in [4.78, 5) is 22.6. The molecule has 0 aromatic heterocycles. The van der Waals surface area contributed by atoms with Crippen LogP contribution in [0.2, 0.25) is 0 Å². The van der Waals surface area contributed by atoms with Crippen LogP contribution in [0.5, 0.6) is 0 Å². The third-order valence-corrected chi connectivity index (χ3v) is 2.06. The molecule has 0 spiro atoms. The molecule has 1 N–H and O–H groups in total. The monoisotopic (exact) mass is 229 g/mol. The van der Waals surface area contributed by atoms with Crippen LogP contribution < -0.4 is 5.32 Å². The fraction of sp³-hybridized carbons (Fsp3) is 0.833. The molecule has 0 aromatic rings. The lowest BCUT2D eigenvalue weighted by Crippen LogP contribution is -2.36. The van der Waals surface area contributed by atoms with E-state index in [1.807, 2.05) is 27.7 Å². The van der Waals surface area contributed by atoms with Crippen LogP contribution in [0.25, 0.3) is 0 Å². The molecule has 0 heterocycles. The largest absolute Gasteiger partial charge is 0.466 e. The fourth-order valence-corrected chi connectivity index (χ4v) is 0.946. The van der Waals surface area contributed by atoms with Crippen molar-refractivity contribution in [1.29, 1.82) is 0 Å². The van der Waals surface area contributed by atoms with Crippen LogP contribution in [0.3, 0.4) is 0 Å². The van der Waals surface area contributed by atoms with E-state index in [1.165, 1.54) is 0 Å². The van der Waals surface area contributed by atoms with Crippen molar-refractivity contribution in [2.45, 2.75) is 47.0 Å². The molecule has 0 unspecified atom stereocenters. The maximum atomic E-state index is 11.4. The van der Waals surface area contributed by atoms with Gasteiger partial charge in [-0.15, -0.1) is 0 Å². The van der Waals surface area contributed by atoms with Crippen molar-refractivity contribution in [3.8, 4) is 0 Å². The summed E-state index contributed by atoms with van der Waals surface area (Å²) in [7, 11) is 0. The van der Waals surface area contributed by atoms with Gasteiger partial charge in [0.15, 0.2) is 0 Å². The summed E-state index contributed by atoms with van der Waals surface area (Å²) in [5, 5.41) is 2.70. The number of carbonyl (C=O) groups is 2. The van der Waals surface area contributed by atoms with Gasteiger partial charge in [-0.1, -0.05) is 34.1 Å². The average molecular weight is 229 g/mol. The number of unbranched alkanes of at least 4 members (excludes halogenated alkanes) is 1. The Kier molecular flexibility index (Phi) is 6.77. The van der Waals surface area contributed by atoms with Crippen LogP contribution >= 0.6 is 0 Å². The summed E-state index contributed by atoms with van der Waals surface area (Å²) in [6, 6.07) is 0. The van der Waals surface area contributed by atoms with Gasteiger partial charge in [-0.05, 0) is 6.42 Å². The number of hydrogen-bond acceptors (Lipinski definition) is 3. The van der Waals surface area contributed by atoms with Gasteiger partial charge in [0.25, 0.3) is 0 Å². The third-order valence-electron chi connectivity index (χ3n) is 2.06. The van der Waals surface area contributed by atoms with Crippen LogP contribution in [-0.4, -0.2) is 25.0 Å². The van der Waals surface area contributed by atoms with Crippen LogP contribution in [0.15, 0.2) is 0 Å². The molecule has 0 saturated carbocycles. The van der Waals surface area contributed by atoms with E-state index in [9.17, 15) is 9.59 Å². The Hall–Kier alpha value is -1.06. The van der Waals surface area contributed by atoms with Gasteiger partial charge in [-0.3, -0.25) is 9.59 Å². The maximum Gasteiger partial charge on any atom is 0.307 e. The molecule has 0 bridgehead atoms. The second-order valence-corrected chi connectivity index (χ2v) is 4.83. The third kappa shape index (κ3) is 7.26. The van der Waals surface area contributed by atoms with Crippen molar-refractivity contribution in [3.63, 3.8) is 0 Å². The predicted octanol–water partition coefficient (Wildman–Crippen LogP) is 1.88. The summed E-state index contributed by atoms with van der Waals surface area (Å²) < 4.78 is 4.96. The minimum atomic E-state index is -0.411. The lowest BCUT2D eigenvalue weighted by molar-refractivity contribution is -0.143. The first kappa shape index (κ1) is 14.9. The highest BCUT2D eigenvalue weighted by atomic mass is 16.5. The van der Waals surface area contributed by atoms with E-state index < -0.39 is 5.41 Å². The van der Waals surface area contributed by atoms with E-state index in [0.29, 0.717) is 13.2 Å². The molecule has 0 radical (unpaired) electrons. The molecule has 16 heavy (non-hydrogen) atoms. The first-order chi connectivity index (χ1) is 7.38. The van der Waals surface area contributed by atoms with Gasteiger partial charge in [-0.25, -0.2) is 0 Å². The summed E-state index contributed by atoms with van der Waals surface area (Å²) in [6.07, 6.45) is 2.14. The Labute approximate surface area is 97.7 Å². The van der Waals surface area contributed by atoms with Crippen molar-refractivity contribution >= 4 is 11.9 Å². The number of amides is 1. The molecule has 0 rings (SSSR count). The molecule has 0 atom stereocenters. The maximum absolute atomic E-state index is 11.4. The van der Waals surface area contributed by atoms with Gasteiger partial charge in [0.05, 0.1) is 13.0 Å². The van der Waals surface area contributed by atoms with Crippen LogP contribution in [-0.2, 0) is 14.3 Å². The topological polar surface area (TPSA) is 55.4 Å². The van der Waals surface area contributed by atoms with Crippen LogP contribution in [0, 0.1) is 5.41 Å². The summed E-state index contributed by atoms with van der Waals surface area (Å²) in [5.74, 6) is -0.295. The van der Waals surface area contributed by atoms with E-state index in [0.717, 1.165) is 12.8 Å². The summed E-state index contributed by atoms with van der Waals surface area (Å²) in [5.41, 5.74) is -0.411. The Morgan fingerprint density at radius 1 is 1.25 bits per heavy atom. The zero-order chi connectivity index (χ0) is 12.6. The number of esters is 1. The van der Waals surface area contributed by atoms with Gasteiger partial charge in [0.1, 0.15) is 0 Å². The van der Waals surface area contributed by atoms with Gasteiger partial charge < -0.3 is 10.1 Å². The van der Waals surface area contributed by atoms with Gasteiger partial charge in [0, 0.05) is 12.0 Å². The number of ether oxygens (including phenoxy) is 1. The van der Waals surface area contributed by atoms with Crippen molar-refractivity contribution in [3.05, 3.63) is 0 Å². The van der Waals surface area contributed by atoms with Crippen molar-refractivity contribution < 1.29 is 14.3 Å². The van der Waals surface area contributed by atoms with Crippen LogP contribution in [0.1, 0.15) is 47.0 Å². The van der Waals surface area contributed by atoms with Gasteiger partial charge in [-0.2, -0.15) is 0 Å². The van der Waals surface area contributed by atoms with E-state index >= 15 is 0 Å². The quantitative estimate of drug-likeness (QED) is 0.559. The summed E-state index contributed by atoms with van der Waals surface area (Å²) in [6.45, 7) is 8.37. The second kappa shape index (κ2) is 7.25. The molecular weight excluding hydrogens is 206 g/mol. The standard InChI is InChI=1S/C12H23NO3/c1-5-6-9-16-10(14)7-8-13-11(15)12(2,3)4/h5-9H2,1-4H3,(H,13,15). The first-order valence-corrected chi connectivity index (χ1v) is 5.82. The molecular formula is C12H23NO3. The Bertz CT molecular complexity index is 231. The Morgan fingerprint density at radius 2 is 1.88 bits per heavy atom. The molecule has 0 aliphatic rings. The molecule has 4 nitrogen and oxygen atoms in total. The molecule has 0 fully saturated rings. The minimum absolute atomic E-state index is 0.0474. The van der Waals surface area contributed by atoms with Gasteiger partial charge >= 0.3 is 5.97 Å². The van der Waals surface area contributed by atoms with Crippen molar-refractivity contribution in [2.75, 3.05) is 13.2 Å². The molecule has 4 heteroatoms. The molecule has 0 aromatic carbocycles. The normalized spacial score (nSPS) is 11.0. The van der Waals surface area contributed by atoms with E-state index in [2.05, 4.69) is 5.32 Å². The zero-order valence-corrected chi connectivity index (χ0v) is 10.8. The van der Waals surface area contributed by atoms with Crippen molar-refractivity contribution in [2.24, 2.45) is 5.41 Å². The summed E-state index contributed by atoms with van der Waals surface area (Å²) >= 11 is 0. The Balaban J connectivity index is 3.59. The Morgan fingerprint density at radius 3 is 2.38 bits per heavy atom.